The van der Waals surface area contributed by atoms with Crippen molar-refractivity contribution < 1.29 is 23.7 Å². The zero-order chi connectivity index (χ0) is 31.5. The first-order chi connectivity index (χ1) is 21.2. The predicted octanol–water partition coefficient (Wildman–Crippen LogP) is 7.36. The maximum absolute atomic E-state index is 12.8. The first-order valence-electron chi connectivity index (χ1n) is 15.5. The van der Waals surface area contributed by atoms with Gasteiger partial charge in [0.2, 0.25) is 5.75 Å². The largest absolute Gasteiger partial charge is 0.494 e. The summed E-state index contributed by atoms with van der Waals surface area (Å²) in [6, 6.07) is 20.1. The molecule has 1 aromatic heterocycles. The molecule has 3 aromatic carbocycles. The van der Waals surface area contributed by atoms with Crippen LogP contribution in [-0.2, 0) is 18.4 Å². The fourth-order valence-electron chi connectivity index (χ4n) is 5.28. The van der Waals surface area contributed by atoms with Gasteiger partial charge in [-0.05, 0) is 73.1 Å². The molecule has 0 aliphatic rings. The average Bonchev–Trinajstić information content (AvgIpc) is 3.38. The summed E-state index contributed by atoms with van der Waals surface area (Å²) in [4.78, 5) is 17.7. The molecule has 0 aliphatic heterocycles. The second-order valence-corrected chi connectivity index (χ2v) is 12.0. The molecule has 0 bridgehead atoms. The highest BCUT2D eigenvalue weighted by molar-refractivity contribution is 5.95. The second kappa shape index (κ2) is 15.5. The number of ether oxygens (including phenoxy) is 4. The normalized spacial score (nSPS) is 11.4. The highest BCUT2D eigenvalue weighted by Gasteiger charge is 2.17. The third-order valence-corrected chi connectivity index (χ3v) is 7.79. The van der Waals surface area contributed by atoms with Gasteiger partial charge in [0.1, 0.15) is 11.6 Å². The Hall–Kier alpha value is -4.20. The number of nitrogens with zero attached hydrogens (tertiary/aromatic N) is 2. The number of methoxy groups -OCH3 is 3. The minimum absolute atomic E-state index is 0.141. The van der Waals surface area contributed by atoms with Crippen LogP contribution in [0.2, 0.25) is 0 Å². The molecular weight excluding hydrogens is 554 g/mol. The van der Waals surface area contributed by atoms with Gasteiger partial charge in [-0.2, -0.15) is 0 Å². The topological polar surface area (TPSA) is 83.8 Å². The number of benzene rings is 3. The third-order valence-electron chi connectivity index (χ3n) is 7.79. The summed E-state index contributed by atoms with van der Waals surface area (Å²) in [7, 11) is 4.62. The SMILES string of the molecule is COc1cc(C(=O)NCCCCCc2nc3ccccc3n2CCCCOc2ccc(C(C)(C)C)cc2)cc(OC)c1OC. The number of rotatable bonds is 16. The van der Waals surface area contributed by atoms with Gasteiger partial charge in [0.25, 0.3) is 5.91 Å². The minimum Gasteiger partial charge on any atom is -0.494 e. The van der Waals surface area contributed by atoms with Crippen LogP contribution in [0.5, 0.6) is 23.0 Å². The van der Waals surface area contributed by atoms with Gasteiger partial charge in [-0.1, -0.05) is 51.5 Å². The van der Waals surface area contributed by atoms with Crippen molar-refractivity contribution in [2.45, 2.75) is 71.3 Å². The van der Waals surface area contributed by atoms with E-state index >= 15 is 0 Å². The Balaban J connectivity index is 1.23. The zero-order valence-electron chi connectivity index (χ0n) is 27.1. The van der Waals surface area contributed by atoms with Crippen LogP contribution < -0.4 is 24.3 Å². The van der Waals surface area contributed by atoms with Crippen molar-refractivity contribution in [3.05, 3.63) is 77.6 Å². The highest BCUT2D eigenvalue weighted by Crippen LogP contribution is 2.38. The van der Waals surface area contributed by atoms with Crippen LogP contribution in [0.4, 0.5) is 0 Å². The first kappa shape index (κ1) is 32.7. The molecular formula is C36H47N3O5. The van der Waals surface area contributed by atoms with Crippen LogP contribution in [0.3, 0.4) is 0 Å². The Labute approximate surface area is 261 Å². The van der Waals surface area contributed by atoms with Crippen molar-refractivity contribution in [3.8, 4) is 23.0 Å². The molecule has 1 amide bonds. The number of amides is 1. The number of carbonyl (C=O) groups is 1. The number of fused-ring (bicyclic) bond motifs is 1. The average molecular weight is 602 g/mol. The molecule has 0 saturated heterocycles. The van der Waals surface area contributed by atoms with Crippen LogP contribution in [0.1, 0.15) is 74.6 Å². The van der Waals surface area contributed by atoms with Crippen LogP contribution >= 0.6 is 0 Å². The first-order valence-corrected chi connectivity index (χ1v) is 15.5. The van der Waals surface area contributed by atoms with E-state index in [2.05, 4.69) is 73.1 Å². The fraction of sp³-hybridized carbons (Fsp3) is 0.444. The van der Waals surface area contributed by atoms with Crippen LogP contribution in [-0.4, -0.2) is 49.9 Å². The molecule has 236 valence electrons. The van der Waals surface area contributed by atoms with Crippen LogP contribution in [0.15, 0.2) is 60.7 Å². The molecule has 0 spiro atoms. The van der Waals surface area contributed by atoms with Crippen molar-refractivity contribution in [3.63, 3.8) is 0 Å². The fourth-order valence-corrected chi connectivity index (χ4v) is 5.28. The lowest BCUT2D eigenvalue weighted by Crippen LogP contribution is -2.24. The minimum atomic E-state index is -0.169. The van der Waals surface area contributed by atoms with Gasteiger partial charge in [0.05, 0.1) is 39.0 Å². The quantitative estimate of drug-likeness (QED) is 0.135. The summed E-state index contributed by atoms with van der Waals surface area (Å²) in [5, 5.41) is 3.01. The number of hydrogen-bond donors (Lipinski definition) is 1. The molecule has 44 heavy (non-hydrogen) atoms. The van der Waals surface area contributed by atoms with Crippen molar-refractivity contribution in [1.29, 1.82) is 0 Å². The lowest BCUT2D eigenvalue weighted by Gasteiger charge is -2.19. The number of imidazole rings is 1. The molecule has 8 heteroatoms. The Kier molecular flexibility index (Phi) is 11.5. The van der Waals surface area contributed by atoms with Gasteiger partial charge < -0.3 is 28.8 Å². The summed E-state index contributed by atoms with van der Waals surface area (Å²) >= 11 is 0. The summed E-state index contributed by atoms with van der Waals surface area (Å²) in [6.07, 6.45) is 5.74. The third kappa shape index (κ3) is 8.46. The maximum Gasteiger partial charge on any atom is 0.251 e. The molecule has 1 N–H and O–H groups in total. The van der Waals surface area contributed by atoms with Gasteiger partial charge in [0.15, 0.2) is 11.5 Å². The summed E-state index contributed by atoms with van der Waals surface area (Å²) in [5.41, 5.74) is 4.14. The molecule has 8 nitrogen and oxygen atoms in total. The van der Waals surface area contributed by atoms with E-state index in [1.54, 1.807) is 19.2 Å². The van der Waals surface area contributed by atoms with Gasteiger partial charge in [0, 0.05) is 25.1 Å². The van der Waals surface area contributed by atoms with E-state index in [9.17, 15) is 4.79 Å². The van der Waals surface area contributed by atoms with E-state index in [-0.39, 0.29) is 11.3 Å². The predicted molar refractivity (Wildman–Crippen MR) is 176 cm³/mol. The molecule has 0 aliphatic carbocycles. The lowest BCUT2D eigenvalue weighted by atomic mass is 9.87. The van der Waals surface area contributed by atoms with Crippen molar-refractivity contribution in [2.75, 3.05) is 34.5 Å². The van der Waals surface area contributed by atoms with Crippen molar-refractivity contribution in [1.82, 2.24) is 14.9 Å². The van der Waals surface area contributed by atoms with Gasteiger partial charge in [-0.25, -0.2) is 4.98 Å². The van der Waals surface area contributed by atoms with Gasteiger partial charge >= 0.3 is 0 Å². The van der Waals surface area contributed by atoms with Crippen molar-refractivity contribution >= 4 is 16.9 Å². The molecule has 1 heterocycles. The Morgan fingerprint density at radius 1 is 0.841 bits per heavy atom. The Morgan fingerprint density at radius 2 is 1.55 bits per heavy atom. The maximum atomic E-state index is 12.8. The number of carbonyl (C=O) groups excluding carboxylic acids is 1. The van der Waals surface area contributed by atoms with Crippen molar-refractivity contribution in [2.24, 2.45) is 0 Å². The van der Waals surface area contributed by atoms with Crippen LogP contribution in [0, 0.1) is 0 Å². The summed E-state index contributed by atoms with van der Waals surface area (Å²) in [5.74, 6) is 3.25. The Bertz CT molecular complexity index is 1480. The number of aromatic nitrogens is 2. The molecule has 0 atom stereocenters. The van der Waals surface area contributed by atoms with E-state index in [1.807, 2.05) is 6.07 Å². The molecule has 0 fully saturated rings. The number of para-hydroxylation sites is 2. The number of nitrogens with one attached hydrogen (secondary N) is 1. The Morgan fingerprint density at radius 3 is 2.20 bits per heavy atom. The number of aryl methyl sites for hydroxylation is 2. The van der Waals surface area contributed by atoms with Gasteiger partial charge in [-0.15, -0.1) is 0 Å². The lowest BCUT2D eigenvalue weighted by molar-refractivity contribution is 0.0952. The van der Waals surface area contributed by atoms with E-state index in [0.717, 1.165) is 62.2 Å². The van der Waals surface area contributed by atoms with E-state index in [1.165, 1.54) is 25.3 Å². The standard InChI is InChI=1S/C36H47N3O5/c1-36(2,3)27-17-19-28(20-18-27)44-23-13-12-22-39-30-15-10-9-14-29(30)38-33(39)16-8-7-11-21-37-35(40)26-24-31(41-4)34(43-6)32(25-26)42-5/h9-10,14-15,17-20,24-25H,7-8,11-13,16,21-23H2,1-6H3,(H,37,40). The molecule has 0 saturated carbocycles. The number of hydrogen-bond acceptors (Lipinski definition) is 6. The van der Waals surface area contributed by atoms with E-state index in [4.69, 9.17) is 23.9 Å². The molecule has 0 radical (unpaired) electrons. The monoisotopic (exact) mass is 601 g/mol. The summed E-state index contributed by atoms with van der Waals surface area (Å²) < 4.78 is 24.5. The zero-order valence-corrected chi connectivity index (χ0v) is 27.1. The smallest absolute Gasteiger partial charge is 0.251 e. The molecule has 0 unspecified atom stereocenters. The number of unbranched alkanes of at least 4 members (excludes halogenated alkanes) is 3. The summed E-state index contributed by atoms with van der Waals surface area (Å²) in [6.45, 7) is 8.85. The van der Waals surface area contributed by atoms with Crippen LogP contribution in [0.25, 0.3) is 11.0 Å². The van der Waals surface area contributed by atoms with E-state index in [0.29, 0.717) is 36.0 Å². The second-order valence-electron chi connectivity index (χ2n) is 12.0. The van der Waals surface area contributed by atoms with Gasteiger partial charge in [-0.3, -0.25) is 4.79 Å². The molecule has 4 aromatic rings. The molecule has 4 rings (SSSR count). The highest BCUT2D eigenvalue weighted by atomic mass is 16.5. The van der Waals surface area contributed by atoms with E-state index < -0.39 is 0 Å².